The molecular weight excluding hydrogens is 334 g/mol. The number of benzene rings is 2. The first kappa shape index (κ1) is 15.1. The summed E-state index contributed by atoms with van der Waals surface area (Å²) in [4.78, 5) is 13.4. The summed E-state index contributed by atoms with van der Waals surface area (Å²) in [5.41, 5.74) is 1.75. The van der Waals surface area contributed by atoms with Crippen LogP contribution in [-0.2, 0) is 0 Å². The second-order valence-electron chi connectivity index (χ2n) is 4.45. The van der Waals surface area contributed by atoms with Crippen molar-refractivity contribution in [3.05, 3.63) is 64.1 Å². The minimum atomic E-state index is -0.0547. The van der Waals surface area contributed by atoms with E-state index in [4.69, 9.17) is 0 Å². The van der Waals surface area contributed by atoms with Crippen molar-refractivity contribution in [3.63, 3.8) is 0 Å². The summed E-state index contributed by atoms with van der Waals surface area (Å²) in [7, 11) is 0. The fourth-order valence-corrected chi connectivity index (χ4v) is 2.96. The monoisotopic (exact) mass is 349 g/mol. The summed E-state index contributed by atoms with van der Waals surface area (Å²) in [6.07, 6.45) is 2.02. The van der Waals surface area contributed by atoms with E-state index < -0.39 is 0 Å². The zero-order chi connectivity index (χ0) is 14.5. The molecule has 1 unspecified atom stereocenters. The van der Waals surface area contributed by atoms with Crippen molar-refractivity contribution in [1.29, 1.82) is 0 Å². The highest BCUT2D eigenvalue weighted by Gasteiger charge is 2.13. The lowest BCUT2D eigenvalue weighted by atomic mass is 10.1. The topological polar surface area (TPSA) is 29.1 Å². The van der Waals surface area contributed by atoms with Crippen LogP contribution < -0.4 is 5.32 Å². The number of carbonyl (C=O) groups excluding carboxylic acids is 1. The summed E-state index contributed by atoms with van der Waals surface area (Å²) in [6.45, 7) is 1.98. The SMILES string of the molecule is CSc1ccc(C(=O)NC(C)c2ccccc2Br)cc1. The van der Waals surface area contributed by atoms with E-state index in [-0.39, 0.29) is 11.9 Å². The van der Waals surface area contributed by atoms with Crippen LogP contribution in [0.3, 0.4) is 0 Å². The van der Waals surface area contributed by atoms with Gasteiger partial charge in [-0.25, -0.2) is 0 Å². The molecule has 1 amide bonds. The lowest BCUT2D eigenvalue weighted by molar-refractivity contribution is 0.0939. The van der Waals surface area contributed by atoms with E-state index in [0.29, 0.717) is 5.56 Å². The maximum absolute atomic E-state index is 12.2. The highest BCUT2D eigenvalue weighted by Crippen LogP contribution is 2.23. The molecule has 0 aliphatic heterocycles. The quantitative estimate of drug-likeness (QED) is 0.813. The number of hydrogen-bond donors (Lipinski definition) is 1. The molecule has 2 aromatic rings. The number of thioether (sulfide) groups is 1. The largest absolute Gasteiger partial charge is 0.345 e. The Morgan fingerprint density at radius 3 is 2.40 bits per heavy atom. The fraction of sp³-hybridized carbons (Fsp3) is 0.188. The third kappa shape index (κ3) is 3.64. The number of hydrogen-bond acceptors (Lipinski definition) is 2. The second kappa shape index (κ2) is 6.95. The zero-order valence-electron chi connectivity index (χ0n) is 11.4. The lowest BCUT2D eigenvalue weighted by Crippen LogP contribution is -2.26. The van der Waals surface area contributed by atoms with Crippen molar-refractivity contribution in [3.8, 4) is 0 Å². The van der Waals surface area contributed by atoms with Crippen LogP contribution >= 0.6 is 27.7 Å². The number of halogens is 1. The Morgan fingerprint density at radius 2 is 1.80 bits per heavy atom. The minimum Gasteiger partial charge on any atom is -0.345 e. The van der Waals surface area contributed by atoms with Crippen molar-refractivity contribution in [1.82, 2.24) is 5.32 Å². The van der Waals surface area contributed by atoms with Gasteiger partial charge in [0, 0.05) is 14.9 Å². The summed E-state index contributed by atoms with van der Waals surface area (Å²) < 4.78 is 1.01. The predicted octanol–water partition coefficient (Wildman–Crippen LogP) is 4.66. The average Bonchev–Trinajstić information content (AvgIpc) is 2.47. The van der Waals surface area contributed by atoms with Gasteiger partial charge >= 0.3 is 0 Å². The Labute approximate surface area is 132 Å². The van der Waals surface area contributed by atoms with Crippen LogP contribution in [0.2, 0.25) is 0 Å². The number of nitrogens with one attached hydrogen (secondary N) is 1. The van der Waals surface area contributed by atoms with Gasteiger partial charge in [-0.15, -0.1) is 11.8 Å². The van der Waals surface area contributed by atoms with Gasteiger partial charge in [0.15, 0.2) is 0 Å². The van der Waals surface area contributed by atoms with Gasteiger partial charge in [-0.05, 0) is 49.1 Å². The predicted molar refractivity (Wildman–Crippen MR) is 88.2 cm³/mol. The summed E-state index contributed by atoms with van der Waals surface area (Å²) in [6, 6.07) is 15.5. The van der Waals surface area contributed by atoms with Crippen LogP contribution in [0.1, 0.15) is 28.9 Å². The molecule has 104 valence electrons. The van der Waals surface area contributed by atoms with E-state index in [1.165, 1.54) is 0 Å². The van der Waals surface area contributed by atoms with E-state index in [0.717, 1.165) is 14.9 Å². The Balaban J connectivity index is 2.09. The third-order valence-corrected chi connectivity index (χ3v) is 4.54. The molecule has 2 rings (SSSR count). The van der Waals surface area contributed by atoms with Gasteiger partial charge in [-0.2, -0.15) is 0 Å². The molecule has 4 heteroatoms. The van der Waals surface area contributed by atoms with E-state index in [1.54, 1.807) is 11.8 Å². The van der Waals surface area contributed by atoms with Gasteiger partial charge in [0.25, 0.3) is 5.91 Å². The smallest absolute Gasteiger partial charge is 0.251 e. The molecule has 0 spiro atoms. The summed E-state index contributed by atoms with van der Waals surface area (Å²) >= 11 is 5.17. The third-order valence-electron chi connectivity index (χ3n) is 3.07. The molecule has 1 atom stereocenters. The van der Waals surface area contributed by atoms with E-state index in [1.807, 2.05) is 61.7 Å². The molecule has 2 aromatic carbocycles. The highest BCUT2D eigenvalue weighted by molar-refractivity contribution is 9.10. The molecule has 0 bridgehead atoms. The van der Waals surface area contributed by atoms with E-state index >= 15 is 0 Å². The molecular formula is C16H16BrNOS. The molecule has 0 aromatic heterocycles. The lowest BCUT2D eigenvalue weighted by Gasteiger charge is -2.16. The molecule has 0 saturated heterocycles. The maximum Gasteiger partial charge on any atom is 0.251 e. The van der Waals surface area contributed by atoms with Crippen LogP contribution in [0.15, 0.2) is 57.9 Å². The normalized spacial score (nSPS) is 11.9. The molecule has 1 N–H and O–H groups in total. The summed E-state index contributed by atoms with van der Waals surface area (Å²) in [5, 5.41) is 3.02. The maximum atomic E-state index is 12.2. The number of carbonyl (C=O) groups is 1. The van der Waals surface area contributed by atoms with Crippen molar-refractivity contribution in [2.75, 3.05) is 6.26 Å². The van der Waals surface area contributed by atoms with Crippen LogP contribution in [0, 0.1) is 0 Å². The van der Waals surface area contributed by atoms with Gasteiger partial charge in [-0.3, -0.25) is 4.79 Å². The first-order valence-corrected chi connectivity index (χ1v) is 8.33. The molecule has 0 heterocycles. The zero-order valence-corrected chi connectivity index (χ0v) is 13.8. The molecule has 2 nitrogen and oxygen atoms in total. The summed E-state index contributed by atoms with van der Waals surface area (Å²) in [5.74, 6) is -0.0547. The van der Waals surface area contributed by atoms with Gasteiger partial charge in [0.2, 0.25) is 0 Å². The molecule has 0 aliphatic carbocycles. The van der Waals surface area contributed by atoms with Gasteiger partial charge < -0.3 is 5.32 Å². The van der Waals surface area contributed by atoms with Crippen LogP contribution in [0.4, 0.5) is 0 Å². The van der Waals surface area contributed by atoms with Crippen molar-refractivity contribution >= 4 is 33.6 Å². The van der Waals surface area contributed by atoms with Gasteiger partial charge in [-0.1, -0.05) is 34.1 Å². The first-order valence-electron chi connectivity index (χ1n) is 6.31. The van der Waals surface area contributed by atoms with Gasteiger partial charge in [0.05, 0.1) is 6.04 Å². The fourth-order valence-electron chi connectivity index (χ4n) is 1.93. The number of amides is 1. The molecule has 0 fully saturated rings. The second-order valence-corrected chi connectivity index (χ2v) is 6.18. The van der Waals surface area contributed by atoms with E-state index in [2.05, 4.69) is 21.2 Å². The van der Waals surface area contributed by atoms with Crippen molar-refractivity contribution in [2.45, 2.75) is 17.9 Å². The standard InChI is InChI=1S/C16H16BrNOS/c1-11(14-5-3-4-6-15(14)17)18-16(19)12-7-9-13(20-2)10-8-12/h3-11H,1-2H3,(H,18,19). The Kier molecular flexibility index (Phi) is 5.26. The van der Waals surface area contributed by atoms with Gasteiger partial charge in [0.1, 0.15) is 0 Å². The van der Waals surface area contributed by atoms with Crippen molar-refractivity contribution in [2.24, 2.45) is 0 Å². The van der Waals surface area contributed by atoms with Crippen LogP contribution in [0.25, 0.3) is 0 Å². The van der Waals surface area contributed by atoms with E-state index in [9.17, 15) is 4.79 Å². The minimum absolute atomic E-state index is 0.0432. The Morgan fingerprint density at radius 1 is 1.15 bits per heavy atom. The van der Waals surface area contributed by atoms with Crippen molar-refractivity contribution < 1.29 is 4.79 Å². The highest BCUT2D eigenvalue weighted by atomic mass is 79.9. The molecule has 0 aliphatic rings. The molecule has 0 saturated carbocycles. The molecule has 0 radical (unpaired) electrons. The van der Waals surface area contributed by atoms with Crippen LogP contribution in [0.5, 0.6) is 0 Å². The Bertz CT molecular complexity index is 598. The average molecular weight is 350 g/mol. The van der Waals surface area contributed by atoms with Crippen LogP contribution in [-0.4, -0.2) is 12.2 Å². The number of rotatable bonds is 4. The first-order chi connectivity index (χ1) is 9.61. The Hall–Kier alpha value is -1.26. The molecule has 20 heavy (non-hydrogen) atoms.